The topological polar surface area (TPSA) is 67.3 Å². The van der Waals surface area contributed by atoms with Crippen LogP contribution in [0, 0.1) is 6.92 Å². The van der Waals surface area contributed by atoms with E-state index in [0.29, 0.717) is 13.2 Å². The molecule has 130 valence electrons. The molecular weight excluding hydrogens is 324 g/mol. The number of carbonyl (C=O) groups excluding carboxylic acids is 1. The second kappa shape index (κ2) is 7.90. The molecule has 0 unspecified atom stereocenters. The minimum Gasteiger partial charge on any atom is -0.385 e. The summed E-state index contributed by atoms with van der Waals surface area (Å²) < 4.78 is 5.01. The Morgan fingerprint density at radius 1 is 1.33 bits per heavy atom. The van der Waals surface area contributed by atoms with E-state index < -0.39 is 0 Å². The number of fused-ring (bicyclic) bond motifs is 1. The molecule has 1 aliphatic heterocycles. The van der Waals surface area contributed by atoms with Crippen molar-refractivity contribution in [2.45, 2.75) is 32.6 Å². The van der Waals surface area contributed by atoms with Crippen molar-refractivity contribution in [3.8, 4) is 0 Å². The first kappa shape index (κ1) is 17.1. The number of aromatic nitrogens is 2. The number of nitrogens with one attached hydrogen (secondary N) is 1. The summed E-state index contributed by atoms with van der Waals surface area (Å²) in [6, 6.07) is 0. The van der Waals surface area contributed by atoms with Gasteiger partial charge in [0.15, 0.2) is 0 Å². The van der Waals surface area contributed by atoms with Gasteiger partial charge in [0.05, 0.1) is 10.3 Å². The number of rotatable bonds is 6. The normalized spacial score (nSPS) is 15.0. The molecule has 0 atom stereocenters. The summed E-state index contributed by atoms with van der Waals surface area (Å²) >= 11 is 1.45. The third kappa shape index (κ3) is 3.52. The highest BCUT2D eigenvalue weighted by Gasteiger charge is 2.22. The highest BCUT2D eigenvalue weighted by atomic mass is 32.1. The highest BCUT2D eigenvalue weighted by Crippen LogP contribution is 2.35. The van der Waals surface area contributed by atoms with Gasteiger partial charge >= 0.3 is 0 Å². The van der Waals surface area contributed by atoms with E-state index in [1.165, 1.54) is 30.6 Å². The lowest BCUT2D eigenvalue weighted by atomic mass is 10.1. The summed E-state index contributed by atoms with van der Waals surface area (Å²) in [5, 5.41) is 4.00. The molecule has 1 amide bonds. The Kier molecular flexibility index (Phi) is 5.63. The Morgan fingerprint density at radius 2 is 2.12 bits per heavy atom. The molecule has 3 heterocycles. The predicted octanol–water partition coefficient (Wildman–Crippen LogP) is 2.76. The molecule has 7 heteroatoms. The number of hydrogen-bond donors (Lipinski definition) is 1. The third-order valence-corrected chi connectivity index (χ3v) is 5.58. The van der Waals surface area contributed by atoms with E-state index in [-0.39, 0.29) is 5.91 Å². The monoisotopic (exact) mass is 348 g/mol. The van der Waals surface area contributed by atoms with E-state index in [2.05, 4.69) is 20.2 Å². The molecule has 2 aromatic rings. The van der Waals surface area contributed by atoms with E-state index in [1.54, 1.807) is 13.4 Å². The lowest BCUT2D eigenvalue weighted by Gasteiger charge is -2.28. The molecule has 1 saturated heterocycles. The first-order valence-electron chi connectivity index (χ1n) is 8.48. The van der Waals surface area contributed by atoms with Crippen molar-refractivity contribution < 1.29 is 9.53 Å². The number of ether oxygens (including phenoxy) is 1. The third-order valence-electron chi connectivity index (χ3n) is 4.38. The molecule has 2 aromatic heterocycles. The number of nitrogens with zero attached hydrogens (tertiary/aromatic N) is 3. The Bertz CT molecular complexity index is 710. The molecular formula is C17H24N4O2S. The zero-order valence-corrected chi connectivity index (χ0v) is 15.1. The Hall–Kier alpha value is -1.73. The van der Waals surface area contributed by atoms with Crippen LogP contribution in [0.5, 0.6) is 0 Å². The molecule has 1 N–H and O–H groups in total. The molecule has 0 radical (unpaired) electrons. The van der Waals surface area contributed by atoms with Crippen molar-refractivity contribution in [3.05, 3.63) is 16.8 Å². The van der Waals surface area contributed by atoms with Crippen molar-refractivity contribution in [1.29, 1.82) is 0 Å². The van der Waals surface area contributed by atoms with Gasteiger partial charge in [0.25, 0.3) is 5.91 Å². The fraction of sp³-hybridized carbons (Fsp3) is 0.588. The van der Waals surface area contributed by atoms with Gasteiger partial charge in [-0.25, -0.2) is 9.97 Å². The second-order valence-electron chi connectivity index (χ2n) is 6.08. The number of hydrogen-bond acceptors (Lipinski definition) is 6. The van der Waals surface area contributed by atoms with E-state index >= 15 is 0 Å². The molecule has 3 rings (SSSR count). The van der Waals surface area contributed by atoms with Gasteiger partial charge in [-0.3, -0.25) is 4.79 Å². The molecule has 6 nitrogen and oxygen atoms in total. The molecule has 1 aliphatic rings. The fourth-order valence-electron chi connectivity index (χ4n) is 3.11. The summed E-state index contributed by atoms with van der Waals surface area (Å²) in [5.74, 6) is 0.947. The first-order valence-corrected chi connectivity index (χ1v) is 9.30. The van der Waals surface area contributed by atoms with Gasteiger partial charge in [-0.1, -0.05) is 0 Å². The summed E-state index contributed by atoms with van der Waals surface area (Å²) in [7, 11) is 1.67. The van der Waals surface area contributed by atoms with E-state index in [0.717, 1.165) is 46.0 Å². The quantitative estimate of drug-likeness (QED) is 0.813. The van der Waals surface area contributed by atoms with E-state index in [9.17, 15) is 4.79 Å². The summed E-state index contributed by atoms with van der Waals surface area (Å²) in [4.78, 5) is 25.4. The Morgan fingerprint density at radius 3 is 2.88 bits per heavy atom. The summed E-state index contributed by atoms with van der Waals surface area (Å²) in [5.41, 5.74) is 0.986. The van der Waals surface area contributed by atoms with Gasteiger partial charge < -0.3 is 15.0 Å². The number of thiophene rings is 1. The first-order chi connectivity index (χ1) is 11.7. The lowest BCUT2D eigenvalue weighted by Crippen LogP contribution is -2.30. The van der Waals surface area contributed by atoms with Crippen molar-refractivity contribution in [2.75, 3.05) is 38.3 Å². The van der Waals surface area contributed by atoms with Gasteiger partial charge in [0, 0.05) is 33.4 Å². The van der Waals surface area contributed by atoms with Crippen molar-refractivity contribution in [2.24, 2.45) is 0 Å². The summed E-state index contributed by atoms with van der Waals surface area (Å²) in [6.45, 7) is 5.32. The van der Waals surface area contributed by atoms with Crippen LogP contribution in [0.1, 0.15) is 40.9 Å². The molecule has 1 fully saturated rings. The minimum atomic E-state index is -0.0313. The Labute approximate surface area is 146 Å². The Balaban J connectivity index is 1.85. The number of amides is 1. The zero-order chi connectivity index (χ0) is 16.9. The fourth-order valence-corrected chi connectivity index (χ4v) is 4.17. The van der Waals surface area contributed by atoms with Crippen LogP contribution >= 0.6 is 11.3 Å². The van der Waals surface area contributed by atoms with Crippen LogP contribution in [0.15, 0.2) is 6.33 Å². The molecule has 0 spiro atoms. The van der Waals surface area contributed by atoms with Crippen LogP contribution in [0.3, 0.4) is 0 Å². The standard InChI is InChI=1S/C17H24N4O2S/c1-12-13-15(21-8-4-3-5-9-21)19-11-20-17(13)24-14(12)16(22)18-7-6-10-23-2/h11H,3-10H2,1-2H3,(H,18,22). The molecule has 0 aromatic carbocycles. The van der Waals surface area contributed by atoms with E-state index in [4.69, 9.17) is 4.74 Å². The number of piperidine rings is 1. The van der Waals surface area contributed by atoms with Crippen molar-refractivity contribution in [3.63, 3.8) is 0 Å². The van der Waals surface area contributed by atoms with Crippen LogP contribution in [0.2, 0.25) is 0 Å². The van der Waals surface area contributed by atoms with Crippen LogP contribution in [0.4, 0.5) is 5.82 Å². The molecule has 0 aliphatic carbocycles. The maximum Gasteiger partial charge on any atom is 0.261 e. The SMILES string of the molecule is COCCCNC(=O)c1sc2ncnc(N3CCCCC3)c2c1C. The van der Waals surface area contributed by atoms with Gasteiger partial charge in [-0.15, -0.1) is 11.3 Å². The van der Waals surface area contributed by atoms with Crippen molar-refractivity contribution in [1.82, 2.24) is 15.3 Å². The highest BCUT2D eigenvalue weighted by molar-refractivity contribution is 7.20. The van der Waals surface area contributed by atoms with Crippen LogP contribution < -0.4 is 10.2 Å². The maximum atomic E-state index is 12.5. The average molecular weight is 348 g/mol. The minimum absolute atomic E-state index is 0.0313. The van der Waals surface area contributed by atoms with Gasteiger partial charge in [0.1, 0.15) is 17.0 Å². The summed E-state index contributed by atoms with van der Waals surface area (Å²) in [6.07, 6.45) is 6.10. The number of carbonyl (C=O) groups is 1. The zero-order valence-electron chi connectivity index (χ0n) is 14.3. The number of aryl methyl sites for hydroxylation is 1. The predicted molar refractivity (Wildman–Crippen MR) is 97.0 cm³/mol. The maximum absolute atomic E-state index is 12.5. The van der Waals surface area contributed by atoms with Crippen molar-refractivity contribution >= 4 is 33.3 Å². The average Bonchev–Trinajstić information content (AvgIpc) is 2.96. The van der Waals surface area contributed by atoms with Gasteiger partial charge in [-0.05, 0) is 38.2 Å². The van der Waals surface area contributed by atoms with E-state index in [1.807, 2.05) is 6.92 Å². The molecule has 0 saturated carbocycles. The smallest absolute Gasteiger partial charge is 0.261 e. The van der Waals surface area contributed by atoms with Gasteiger partial charge in [-0.2, -0.15) is 0 Å². The van der Waals surface area contributed by atoms with Crippen LogP contribution in [-0.2, 0) is 4.74 Å². The number of methoxy groups -OCH3 is 1. The van der Waals surface area contributed by atoms with Crippen LogP contribution in [-0.4, -0.2) is 49.2 Å². The molecule has 0 bridgehead atoms. The van der Waals surface area contributed by atoms with Gasteiger partial charge in [0.2, 0.25) is 0 Å². The number of anilines is 1. The largest absolute Gasteiger partial charge is 0.385 e. The van der Waals surface area contributed by atoms with Crippen LogP contribution in [0.25, 0.3) is 10.2 Å². The molecule has 24 heavy (non-hydrogen) atoms. The second-order valence-corrected chi connectivity index (χ2v) is 7.08. The lowest BCUT2D eigenvalue weighted by molar-refractivity contribution is 0.0952.